The van der Waals surface area contributed by atoms with Crippen LogP contribution in [0.25, 0.3) is 0 Å². The van der Waals surface area contributed by atoms with Crippen LogP contribution in [0.2, 0.25) is 0 Å². The fourth-order valence-electron chi connectivity index (χ4n) is 1.42. The van der Waals surface area contributed by atoms with Gasteiger partial charge < -0.3 is 0 Å². The molecule has 0 bridgehead atoms. The predicted molar refractivity (Wildman–Crippen MR) is 79.3 cm³/mol. The Hall–Kier alpha value is -0.620. The first-order valence-corrected chi connectivity index (χ1v) is 7.73. The summed E-state index contributed by atoms with van der Waals surface area (Å²) in [6, 6.07) is 0. The van der Waals surface area contributed by atoms with E-state index in [1.807, 2.05) is 0 Å². The lowest BCUT2D eigenvalue weighted by Crippen LogP contribution is -2.32. The maximum atomic E-state index is 12.1. The van der Waals surface area contributed by atoms with Crippen LogP contribution < -0.4 is 0 Å². The van der Waals surface area contributed by atoms with Crippen molar-refractivity contribution >= 4 is 45.3 Å². The molecule has 4 nitrogen and oxygen atoms in total. The van der Waals surface area contributed by atoms with E-state index >= 15 is 0 Å². The molecule has 0 heterocycles. The normalized spacial score (nSPS) is 12.9. The Morgan fingerprint density at radius 3 is 1.89 bits per heavy atom. The van der Waals surface area contributed by atoms with Crippen LogP contribution in [0.1, 0.15) is 41.0 Å². The molecular formula is C13H20O4S2. The van der Waals surface area contributed by atoms with Gasteiger partial charge in [-0.05, 0) is 20.8 Å². The third-order valence-electron chi connectivity index (χ3n) is 2.56. The van der Waals surface area contributed by atoms with Gasteiger partial charge in [-0.1, -0.05) is 23.5 Å². The molecule has 108 valence electrons. The quantitative estimate of drug-likeness (QED) is 0.720. The van der Waals surface area contributed by atoms with Gasteiger partial charge in [0.05, 0.1) is 4.75 Å². The van der Waals surface area contributed by atoms with E-state index in [4.69, 9.17) is 0 Å². The van der Waals surface area contributed by atoms with Gasteiger partial charge in [0.1, 0.15) is 11.6 Å². The molecule has 0 amide bonds. The highest BCUT2D eigenvalue weighted by molar-refractivity contribution is 8.15. The highest BCUT2D eigenvalue weighted by Crippen LogP contribution is 2.29. The van der Waals surface area contributed by atoms with Crippen LogP contribution in [0.3, 0.4) is 0 Å². The Kier molecular flexibility index (Phi) is 7.59. The fourth-order valence-corrected chi connectivity index (χ4v) is 3.13. The van der Waals surface area contributed by atoms with Gasteiger partial charge in [0, 0.05) is 31.9 Å². The second-order valence-electron chi connectivity index (χ2n) is 4.84. The minimum absolute atomic E-state index is 0.0723. The summed E-state index contributed by atoms with van der Waals surface area (Å²) in [6.45, 7) is 7.62. The van der Waals surface area contributed by atoms with Crippen molar-refractivity contribution in [3.63, 3.8) is 0 Å². The average Bonchev–Trinajstić information content (AvgIpc) is 2.20. The summed E-state index contributed by atoms with van der Waals surface area (Å²) < 4.78 is -0.833. The molecule has 0 rings (SSSR count). The molecule has 1 atom stereocenters. The molecule has 0 aromatic heterocycles. The summed E-state index contributed by atoms with van der Waals surface area (Å²) in [7, 11) is 0. The number of hydrogen-bond donors (Lipinski definition) is 0. The van der Waals surface area contributed by atoms with Crippen LogP contribution in [0.5, 0.6) is 0 Å². The van der Waals surface area contributed by atoms with E-state index in [-0.39, 0.29) is 28.2 Å². The summed E-state index contributed by atoms with van der Waals surface area (Å²) >= 11 is 2.02. The molecule has 0 saturated heterocycles. The standard InChI is InChI=1S/C13H20O4S2/c1-8(14)11(7-18-9(2)15)6-12(17)13(4,5)19-10(3)16/h11H,6-7H2,1-5H3/t11-/m0/s1. The molecule has 0 spiro atoms. The van der Waals surface area contributed by atoms with Crippen molar-refractivity contribution in [2.45, 2.75) is 45.8 Å². The second kappa shape index (κ2) is 7.85. The van der Waals surface area contributed by atoms with E-state index in [1.165, 1.54) is 20.8 Å². The van der Waals surface area contributed by atoms with Gasteiger partial charge in [-0.25, -0.2) is 0 Å². The first-order valence-electron chi connectivity index (χ1n) is 5.93. The lowest BCUT2D eigenvalue weighted by Gasteiger charge is -2.23. The van der Waals surface area contributed by atoms with Gasteiger partial charge in [-0.2, -0.15) is 0 Å². The Morgan fingerprint density at radius 1 is 1.00 bits per heavy atom. The van der Waals surface area contributed by atoms with Crippen molar-refractivity contribution in [3.05, 3.63) is 0 Å². The molecule has 0 radical (unpaired) electrons. The molecule has 0 aliphatic carbocycles. The molecule has 0 aliphatic heterocycles. The van der Waals surface area contributed by atoms with E-state index in [0.717, 1.165) is 23.5 Å². The van der Waals surface area contributed by atoms with Crippen LogP contribution in [-0.2, 0) is 19.2 Å². The summed E-state index contributed by atoms with van der Waals surface area (Å²) in [4.78, 5) is 45.6. The summed E-state index contributed by atoms with van der Waals surface area (Å²) in [5.74, 6) is -0.395. The van der Waals surface area contributed by atoms with Gasteiger partial charge in [0.15, 0.2) is 10.2 Å². The van der Waals surface area contributed by atoms with Gasteiger partial charge in [0.25, 0.3) is 0 Å². The number of carbonyl (C=O) groups excluding carboxylic acids is 4. The number of ketones is 2. The monoisotopic (exact) mass is 304 g/mol. The Bertz CT molecular complexity index is 388. The van der Waals surface area contributed by atoms with Crippen LogP contribution in [0, 0.1) is 5.92 Å². The molecular weight excluding hydrogens is 284 g/mol. The molecule has 0 N–H and O–H groups in total. The molecule has 0 aliphatic rings. The molecule has 0 aromatic carbocycles. The highest BCUT2D eigenvalue weighted by Gasteiger charge is 2.32. The van der Waals surface area contributed by atoms with Crippen LogP contribution >= 0.6 is 23.5 Å². The van der Waals surface area contributed by atoms with Crippen LogP contribution in [0.4, 0.5) is 0 Å². The minimum atomic E-state index is -0.833. The maximum absolute atomic E-state index is 12.1. The summed E-state index contributed by atoms with van der Waals surface area (Å²) in [6.07, 6.45) is 0.0723. The van der Waals surface area contributed by atoms with E-state index < -0.39 is 10.7 Å². The van der Waals surface area contributed by atoms with Crippen molar-refractivity contribution in [2.75, 3.05) is 5.75 Å². The Balaban J connectivity index is 4.66. The lowest BCUT2D eigenvalue weighted by molar-refractivity contribution is -0.127. The Labute approximate surface area is 122 Å². The first kappa shape index (κ1) is 18.4. The average molecular weight is 304 g/mol. The first-order chi connectivity index (χ1) is 8.56. The summed E-state index contributed by atoms with van der Waals surface area (Å²) in [5.41, 5.74) is 0. The predicted octanol–water partition coefficient (Wildman–Crippen LogP) is 2.49. The fraction of sp³-hybridized carbons (Fsp3) is 0.692. The number of Topliss-reactive ketones (excluding diaryl/α,β-unsaturated/α-hetero) is 2. The zero-order chi connectivity index (χ0) is 15.2. The smallest absolute Gasteiger partial charge is 0.186 e. The highest BCUT2D eigenvalue weighted by atomic mass is 32.2. The topological polar surface area (TPSA) is 68.3 Å². The van der Waals surface area contributed by atoms with Crippen molar-refractivity contribution < 1.29 is 19.2 Å². The Morgan fingerprint density at radius 2 is 1.53 bits per heavy atom. The van der Waals surface area contributed by atoms with Crippen LogP contribution in [0.15, 0.2) is 0 Å². The zero-order valence-electron chi connectivity index (χ0n) is 11.9. The van der Waals surface area contributed by atoms with E-state index in [9.17, 15) is 19.2 Å². The van der Waals surface area contributed by atoms with E-state index in [1.54, 1.807) is 13.8 Å². The minimum Gasteiger partial charge on any atom is -0.300 e. The molecule has 6 heteroatoms. The lowest BCUT2D eigenvalue weighted by atomic mass is 9.94. The van der Waals surface area contributed by atoms with Crippen molar-refractivity contribution in [1.82, 2.24) is 0 Å². The molecule has 19 heavy (non-hydrogen) atoms. The molecule has 0 unspecified atom stereocenters. The maximum Gasteiger partial charge on any atom is 0.186 e. The number of thioether (sulfide) groups is 2. The zero-order valence-corrected chi connectivity index (χ0v) is 13.6. The third-order valence-corrected chi connectivity index (χ3v) is 4.57. The third kappa shape index (κ3) is 7.52. The van der Waals surface area contributed by atoms with E-state index in [2.05, 4.69) is 0 Å². The van der Waals surface area contributed by atoms with Crippen molar-refractivity contribution in [2.24, 2.45) is 5.92 Å². The molecule has 0 saturated carbocycles. The largest absolute Gasteiger partial charge is 0.300 e. The number of hydrogen-bond acceptors (Lipinski definition) is 6. The van der Waals surface area contributed by atoms with Crippen molar-refractivity contribution in [1.29, 1.82) is 0 Å². The SMILES string of the molecule is CC(=O)SC[C@H](CC(=O)C(C)(C)SC(C)=O)C(C)=O. The van der Waals surface area contributed by atoms with Crippen molar-refractivity contribution in [3.8, 4) is 0 Å². The molecule has 0 aromatic rings. The van der Waals surface area contributed by atoms with Crippen LogP contribution in [-0.4, -0.2) is 32.3 Å². The second-order valence-corrected chi connectivity index (χ2v) is 7.84. The number of rotatable bonds is 7. The molecule has 0 fully saturated rings. The van der Waals surface area contributed by atoms with Gasteiger partial charge in [-0.3, -0.25) is 19.2 Å². The van der Waals surface area contributed by atoms with Gasteiger partial charge >= 0.3 is 0 Å². The summed E-state index contributed by atoms with van der Waals surface area (Å²) in [5, 5.41) is -0.202. The number of carbonyl (C=O) groups is 4. The van der Waals surface area contributed by atoms with E-state index in [0.29, 0.717) is 5.75 Å². The van der Waals surface area contributed by atoms with Gasteiger partial charge in [-0.15, -0.1) is 0 Å². The van der Waals surface area contributed by atoms with Gasteiger partial charge in [0.2, 0.25) is 0 Å².